The Hall–Kier alpha value is -2.53. The molecule has 0 radical (unpaired) electrons. The first kappa shape index (κ1) is 22.2. The average molecular weight is 408 g/mol. The molecular weight excluding hydrogens is 370 g/mol. The van der Waals surface area contributed by atoms with Crippen molar-refractivity contribution in [3.8, 4) is 0 Å². The van der Waals surface area contributed by atoms with E-state index in [1.807, 2.05) is 7.05 Å². The highest BCUT2D eigenvalue weighted by molar-refractivity contribution is 5.79. The zero-order valence-electron chi connectivity index (χ0n) is 18.6. The van der Waals surface area contributed by atoms with Gasteiger partial charge in [-0.2, -0.15) is 0 Å². The Balaban J connectivity index is 1.29. The van der Waals surface area contributed by atoms with E-state index < -0.39 is 0 Å². The van der Waals surface area contributed by atoms with Crippen molar-refractivity contribution in [2.75, 3.05) is 45.2 Å². The van der Waals surface area contributed by atoms with Crippen LogP contribution in [0.3, 0.4) is 0 Å². The molecule has 2 aromatic carbocycles. The van der Waals surface area contributed by atoms with Crippen molar-refractivity contribution in [1.82, 2.24) is 15.5 Å². The molecule has 1 aliphatic heterocycles. The topological polar surface area (TPSA) is 42.9 Å². The van der Waals surface area contributed by atoms with Gasteiger partial charge in [0.05, 0.1) is 0 Å². The highest BCUT2D eigenvalue weighted by atomic mass is 15.2. The number of nitrogens with zero attached hydrogens (tertiary/aromatic N) is 3. The summed E-state index contributed by atoms with van der Waals surface area (Å²) >= 11 is 0. The van der Waals surface area contributed by atoms with Crippen molar-refractivity contribution < 1.29 is 0 Å². The number of unbranched alkanes of at least 4 members (excludes halogenated alkanes) is 1. The van der Waals surface area contributed by atoms with Gasteiger partial charge in [0.1, 0.15) is 0 Å². The monoisotopic (exact) mass is 407 g/mol. The van der Waals surface area contributed by atoms with Crippen LogP contribution in [-0.2, 0) is 6.54 Å². The standard InChI is InChI=1S/C25H37N5/c1-26-25(27-17-9-10-18-29(2)24-13-7-4-8-14-24)28-23-15-19-30(20-16-23)21-22-11-5-3-6-12-22/h3-8,11-14,23H,9-10,15-21H2,1-2H3,(H2,26,27,28). The number of nitrogens with one attached hydrogen (secondary N) is 2. The SMILES string of the molecule is CN=C(NCCCCN(C)c1ccccc1)NC1CCN(Cc2ccccc2)CC1. The van der Waals surface area contributed by atoms with Crippen LogP contribution >= 0.6 is 0 Å². The second kappa shape index (κ2) is 12.2. The summed E-state index contributed by atoms with van der Waals surface area (Å²) < 4.78 is 0. The van der Waals surface area contributed by atoms with E-state index in [1.54, 1.807) is 0 Å². The van der Waals surface area contributed by atoms with Gasteiger partial charge >= 0.3 is 0 Å². The van der Waals surface area contributed by atoms with Gasteiger partial charge in [0, 0.05) is 58.5 Å². The maximum Gasteiger partial charge on any atom is 0.191 e. The third-order valence-electron chi connectivity index (χ3n) is 5.81. The number of aliphatic imine (C=N–C) groups is 1. The molecule has 2 N–H and O–H groups in total. The van der Waals surface area contributed by atoms with E-state index in [4.69, 9.17) is 0 Å². The second-order valence-electron chi connectivity index (χ2n) is 8.14. The zero-order chi connectivity index (χ0) is 21.0. The number of hydrogen-bond donors (Lipinski definition) is 2. The Bertz CT molecular complexity index is 739. The molecule has 5 nitrogen and oxygen atoms in total. The predicted octanol–water partition coefficient (Wildman–Crippen LogP) is 3.73. The van der Waals surface area contributed by atoms with Crippen molar-refractivity contribution >= 4 is 11.6 Å². The van der Waals surface area contributed by atoms with Crippen LogP contribution in [0, 0.1) is 0 Å². The van der Waals surface area contributed by atoms with Crippen LogP contribution in [0.4, 0.5) is 5.69 Å². The first-order chi connectivity index (χ1) is 14.7. The number of piperidine rings is 1. The van der Waals surface area contributed by atoms with Gasteiger partial charge in [-0.05, 0) is 43.4 Å². The lowest BCUT2D eigenvalue weighted by Gasteiger charge is -2.33. The van der Waals surface area contributed by atoms with E-state index in [0.717, 1.165) is 64.4 Å². The third-order valence-corrected chi connectivity index (χ3v) is 5.81. The van der Waals surface area contributed by atoms with Crippen LogP contribution in [0.5, 0.6) is 0 Å². The first-order valence-electron chi connectivity index (χ1n) is 11.2. The van der Waals surface area contributed by atoms with Crippen molar-refractivity contribution in [2.24, 2.45) is 4.99 Å². The molecule has 5 heteroatoms. The first-order valence-corrected chi connectivity index (χ1v) is 11.2. The number of benzene rings is 2. The average Bonchev–Trinajstić information content (AvgIpc) is 2.80. The number of para-hydroxylation sites is 1. The highest BCUT2D eigenvalue weighted by Crippen LogP contribution is 2.14. The Kier molecular flexibility index (Phi) is 9.04. The van der Waals surface area contributed by atoms with E-state index in [0.29, 0.717) is 6.04 Å². The van der Waals surface area contributed by atoms with Crippen LogP contribution in [0.25, 0.3) is 0 Å². The van der Waals surface area contributed by atoms with Gasteiger partial charge in [0.15, 0.2) is 5.96 Å². The maximum atomic E-state index is 4.42. The molecule has 1 saturated heterocycles. The summed E-state index contributed by atoms with van der Waals surface area (Å²) in [5.74, 6) is 0.938. The maximum absolute atomic E-state index is 4.42. The molecule has 1 aliphatic rings. The summed E-state index contributed by atoms with van der Waals surface area (Å²) in [5, 5.41) is 7.11. The van der Waals surface area contributed by atoms with Gasteiger partial charge in [-0.1, -0.05) is 48.5 Å². The van der Waals surface area contributed by atoms with Gasteiger partial charge in [0.25, 0.3) is 0 Å². The highest BCUT2D eigenvalue weighted by Gasteiger charge is 2.19. The fraction of sp³-hybridized carbons (Fsp3) is 0.480. The van der Waals surface area contributed by atoms with Gasteiger partial charge in [-0.3, -0.25) is 9.89 Å². The summed E-state index contributed by atoms with van der Waals surface area (Å²) in [4.78, 5) is 9.28. The number of guanidine groups is 1. The quantitative estimate of drug-likeness (QED) is 0.378. The largest absolute Gasteiger partial charge is 0.375 e. The van der Waals surface area contributed by atoms with E-state index in [9.17, 15) is 0 Å². The van der Waals surface area contributed by atoms with E-state index in [-0.39, 0.29) is 0 Å². The Morgan fingerprint density at radius 2 is 1.67 bits per heavy atom. The van der Waals surface area contributed by atoms with Gasteiger partial charge in [0.2, 0.25) is 0 Å². The molecule has 0 saturated carbocycles. The fourth-order valence-electron chi connectivity index (χ4n) is 3.96. The number of rotatable bonds is 9. The third kappa shape index (κ3) is 7.38. The fourth-order valence-corrected chi connectivity index (χ4v) is 3.96. The molecule has 162 valence electrons. The van der Waals surface area contributed by atoms with Crippen LogP contribution in [-0.4, -0.2) is 57.2 Å². The molecule has 0 amide bonds. The summed E-state index contributed by atoms with van der Waals surface area (Å²) in [7, 11) is 4.02. The number of likely N-dealkylation sites (tertiary alicyclic amines) is 1. The van der Waals surface area contributed by atoms with Crippen LogP contribution in [0.15, 0.2) is 65.7 Å². The molecule has 3 rings (SSSR count). The molecule has 0 aliphatic carbocycles. The molecule has 0 aromatic heterocycles. The minimum atomic E-state index is 0.507. The summed E-state index contributed by atoms with van der Waals surface area (Å²) in [6.45, 7) is 5.34. The van der Waals surface area contributed by atoms with E-state index >= 15 is 0 Å². The molecular formula is C25H37N5. The van der Waals surface area contributed by atoms with Crippen molar-refractivity contribution in [2.45, 2.75) is 38.3 Å². The molecule has 1 fully saturated rings. The molecule has 2 aromatic rings. The lowest BCUT2D eigenvalue weighted by atomic mass is 10.0. The number of hydrogen-bond acceptors (Lipinski definition) is 3. The number of anilines is 1. The normalized spacial score (nSPS) is 15.7. The molecule has 1 heterocycles. The summed E-state index contributed by atoms with van der Waals surface area (Å²) in [5.41, 5.74) is 2.68. The lowest BCUT2D eigenvalue weighted by Crippen LogP contribution is -2.48. The van der Waals surface area contributed by atoms with Crippen molar-refractivity contribution in [3.05, 3.63) is 66.2 Å². The van der Waals surface area contributed by atoms with Crippen LogP contribution < -0.4 is 15.5 Å². The van der Waals surface area contributed by atoms with Gasteiger partial charge < -0.3 is 15.5 Å². The van der Waals surface area contributed by atoms with E-state index in [2.05, 4.69) is 93.1 Å². The lowest BCUT2D eigenvalue weighted by molar-refractivity contribution is 0.198. The van der Waals surface area contributed by atoms with Crippen LogP contribution in [0.2, 0.25) is 0 Å². The Morgan fingerprint density at radius 1 is 1.00 bits per heavy atom. The smallest absolute Gasteiger partial charge is 0.191 e. The summed E-state index contributed by atoms with van der Waals surface area (Å²) in [6.07, 6.45) is 4.62. The minimum absolute atomic E-state index is 0.507. The van der Waals surface area contributed by atoms with Crippen molar-refractivity contribution in [1.29, 1.82) is 0 Å². The Morgan fingerprint density at radius 3 is 2.33 bits per heavy atom. The predicted molar refractivity (Wildman–Crippen MR) is 128 cm³/mol. The van der Waals surface area contributed by atoms with Crippen LogP contribution in [0.1, 0.15) is 31.2 Å². The molecule has 0 bridgehead atoms. The summed E-state index contributed by atoms with van der Waals surface area (Å²) in [6, 6.07) is 21.8. The van der Waals surface area contributed by atoms with Gasteiger partial charge in [-0.15, -0.1) is 0 Å². The second-order valence-corrected chi connectivity index (χ2v) is 8.14. The molecule has 30 heavy (non-hydrogen) atoms. The molecule has 0 unspecified atom stereocenters. The van der Waals surface area contributed by atoms with Crippen molar-refractivity contribution in [3.63, 3.8) is 0 Å². The minimum Gasteiger partial charge on any atom is -0.375 e. The zero-order valence-corrected chi connectivity index (χ0v) is 18.6. The molecule has 0 spiro atoms. The molecule has 0 atom stereocenters. The Labute approximate surface area is 182 Å². The van der Waals surface area contributed by atoms with E-state index in [1.165, 1.54) is 11.3 Å². The van der Waals surface area contributed by atoms with Gasteiger partial charge in [-0.25, -0.2) is 0 Å².